The maximum atomic E-state index is 12.3. The highest BCUT2D eigenvalue weighted by Gasteiger charge is 2.10. The van der Waals surface area contributed by atoms with E-state index in [0.29, 0.717) is 21.8 Å². The van der Waals surface area contributed by atoms with Crippen molar-refractivity contribution in [2.24, 2.45) is 0 Å². The summed E-state index contributed by atoms with van der Waals surface area (Å²) in [5, 5.41) is 4.34. The van der Waals surface area contributed by atoms with Crippen LogP contribution in [0, 0.1) is 6.92 Å². The zero-order valence-electron chi connectivity index (χ0n) is 11.4. The molecule has 3 rings (SSSR count). The Morgan fingerprint density at radius 1 is 1.05 bits per heavy atom. The van der Waals surface area contributed by atoms with Gasteiger partial charge < -0.3 is 5.32 Å². The molecule has 0 aliphatic heterocycles. The Kier molecular flexibility index (Phi) is 3.59. The molecule has 3 aromatic rings. The second kappa shape index (κ2) is 5.54. The average Bonchev–Trinajstić information content (AvgIpc) is 2.51. The molecule has 104 valence electrons. The summed E-state index contributed by atoms with van der Waals surface area (Å²) in [5.41, 5.74) is 2.84. The fourth-order valence-corrected chi connectivity index (χ4v) is 2.38. The van der Waals surface area contributed by atoms with Gasteiger partial charge >= 0.3 is 0 Å². The van der Waals surface area contributed by atoms with Crippen LogP contribution in [0.3, 0.4) is 0 Å². The van der Waals surface area contributed by atoms with Crippen molar-refractivity contribution in [3.05, 3.63) is 70.9 Å². The Bertz CT molecular complexity index is 816. The van der Waals surface area contributed by atoms with E-state index in [2.05, 4.69) is 10.3 Å². The number of pyridine rings is 1. The number of anilines is 1. The van der Waals surface area contributed by atoms with E-state index in [0.717, 1.165) is 11.1 Å². The van der Waals surface area contributed by atoms with Crippen LogP contribution in [-0.2, 0) is 0 Å². The molecular formula is C17H13ClN2O. The third-order valence-corrected chi connectivity index (χ3v) is 3.56. The normalized spacial score (nSPS) is 10.6. The molecule has 0 unspecified atom stereocenters. The molecule has 3 nitrogen and oxygen atoms in total. The van der Waals surface area contributed by atoms with Crippen LogP contribution < -0.4 is 5.32 Å². The van der Waals surface area contributed by atoms with Crippen molar-refractivity contribution < 1.29 is 4.79 Å². The molecule has 2 aromatic carbocycles. The fourth-order valence-electron chi connectivity index (χ4n) is 2.16. The minimum absolute atomic E-state index is 0.164. The lowest BCUT2D eigenvalue weighted by Gasteiger charge is -2.10. The average molecular weight is 297 g/mol. The topological polar surface area (TPSA) is 42.0 Å². The molecule has 0 aliphatic carbocycles. The number of rotatable bonds is 2. The number of nitrogens with one attached hydrogen (secondary N) is 1. The largest absolute Gasteiger partial charge is 0.320 e. The number of carbonyl (C=O) groups excluding carboxylic acids is 1. The summed E-state index contributed by atoms with van der Waals surface area (Å²) in [6, 6.07) is 16.4. The Balaban J connectivity index is 2.03. The number of aryl methyl sites for hydroxylation is 1. The Labute approximate surface area is 127 Å². The minimum atomic E-state index is -0.164. The van der Waals surface area contributed by atoms with Crippen LogP contribution in [-0.4, -0.2) is 10.9 Å². The number of halogens is 1. The lowest BCUT2D eigenvalue weighted by molar-refractivity contribution is 0.102. The summed E-state index contributed by atoms with van der Waals surface area (Å²) < 4.78 is 0. The Hall–Kier alpha value is -2.39. The molecular weight excluding hydrogens is 284 g/mol. The first-order chi connectivity index (χ1) is 10.1. The van der Waals surface area contributed by atoms with Crippen molar-refractivity contribution in [2.45, 2.75) is 6.92 Å². The van der Waals surface area contributed by atoms with Crippen LogP contribution in [0.4, 0.5) is 5.69 Å². The smallest absolute Gasteiger partial charge is 0.255 e. The number of benzene rings is 2. The van der Waals surface area contributed by atoms with Gasteiger partial charge in [-0.05, 0) is 43.3 Å². The molecule has 0 bridgehead atoms. The third-order valence-electron chi connectivity index (χ3n) is 3.23. The summed E-state index contributed by atoms with van der Waals surface area (Å²) in [4.78, 5) is 16.7. The molecule has 1 amide bonds. The van der Waals surface area contributed by atoms with Crippen LogP contribution in [0.5, 0.6) is 0 Å². The van der Waals surface area contributed by atoms with Gasteiger partial charge in [0.25, 0.3) is 5.91 Å². The first-order valence-electron chi connectivity index (χ1n) is 6.57. The zero-order chi connectivity index (χ0) is 14.8. The van der Waals surface area contributed by atoms with E-state index in [1.165, 1.54) is 0 Å². The van der Waals surface area contributed by atoms with Gasteiger partial charge in [-0.15, -0.1) is 0 Å². The molecule has 0 saturated carbocycles. The number of nitrogens with zero attached hydrogens (tertiary/aromatic N) is 1. The van der Waals surface area contributed by atoms with E-state index < -0.39 is 0 Å². The number of amides is 1. The standard InChI is InChI=1S/C17H13ClN2O/c1-11-7-8-13-14(18)9-10-15(16(13)19-11)20-17(21)12-5-3-2-4-6-12/h2-10H,1H3,(H,20,21). The van der Waals surface area contributed by atoms with Crippen molar-refractivity contribution in [2.75, 3.05) is 5.32 Å². The molecule has 0 atom stereocenters. The van der Waals surface area contributed by atoms with E-state index in [9.17, 15) is 4.79 Å². The second-order valence-corrected chi connectivity index (χ2v) is 5.17. The van der Waals surface area contributed by atoms with Crippen molar-refractivity contribution in [1.82, 2.24) is 4.98 Å². The fraction of sp³-hybridized carbons (Fsp3) is 0.0588. The maximum absolute atomic E-state index is 12.3. The highest BCUT2D eigenvalue weighted by Crippen LogP contribution is 2.29. The number of hydrogen-bond acceptors (Lipinski definition) is 2. The van der Waals surface area contributed by atoms with Crippen molar-refractivity contribution in [1.29, 1.82) is 0 Å². The molecule has 21 heavy (non-hydrogen) atoms. The Morgan fingerprint density at radius 3 is 2.57 bits per heavy atom. The summed E-state index contributed by atoms with van der Waals surface area (Å²) in [6.07, 6.45) is 0. The van der Waals surface area contributed by atoms with E-state index in [1.807, 2.05) is 37.3 Å². The number of fused-ring (bicyclic) bond motifs is 1. The monoisotopic (exact) mass is 296 g/mol. The second-order valence-electron chi connectivity index (χ2n) is 4.76. The number of aromatic nitrogens is 1. The lowest BCUT2D eigenvalue weighted by atomic mass is 10.1. The molecule has 1 aromatic heterocycles. The van der Waals surface area contributed by atoms with Crippen molar-refractivity contribution in [3.8, 4) is 0 Å². The quantitative estimate of drug-likeness (QED) is 0.759. The van der Waals surface area contributed by atoms with Crippen LogP contribution in [0.25, 0.3) is 10.9 Å². The summed E-state index contributed by atoms with van der Waals surface area (Å²) >= 11 is 6.18. The van der Waals surface area contributed by atoms with Gasteiger partial charge in [-0.3, -0.25) is 9.78 Å². The molecule has 1 heterocycles. The maximum Gasteiger partial charge on any atom is 0.255 e. The van der Waals surface area contributed by atoms with E-state index in [4.69, 9.17) is 11.6 Å². The number of hydrogen-bond donors (Lipinski definition) is 1. The number of carbonyl (C=O) groups is 1. The van der Waals surface area contributed by atoms with E-state index in [1.54, 1.807) is 24.3 Å². The predicted octanol–water partition coefficient (Wildman–Crippen LogP) is 4.45. The summed E-state index contributed by atoms with van der Waals surface area (Å²) in [6.45, 7) is 1.91. The molecule has 0 fully saturated rings. The Morgan fingerprint density at radius 2 is 1.81 bits per heavy atom. The molecule has 4 heteroatoms. The van der Waals surface area contributed by atoms with E-state index >= 15 is 0 Å². The highest BCUT2D eigenvalue weighted by atomic mass is 35.5. The van der Waals surface area contributed by atoms with Crippen molar-refractivity contribution in [3.63, 3.8) is 0 Å². The molecule has 0 aliphatic rings. The lowest BCUT2D eigenvalue weighted by Crippen LogP contribution is -2.12. The van der Waals surface area contributed by atoms with Gasteiger partial charge in [0, 0.05) is 16.6 Å². The van der Waals surface area contributed by atoms with Gasteiger partial charge in [-0.1, -0.05) is 29.8 Å². The molecule has 0 saturated heterocycles. The van der Waals surface area contributed by atoms with Gasteiger partial charge in [0.15, 0.2) is 0 Å². The van der Waals surface area contributed by atoms with Gasteiger partial charge in [-0.25, -0.2) is 0 Å². The van der Waals surface area contributed by atoms with Gasteiger partial charge in [0.1, 0.15) is 0 Å². The third kappa shape index (κ3) is 2.73. The van der Waals surface area contributed by atoms with Gasteiger partial charge in [-0.2, -0.15) is 0 Å². The predicted molar refractivity (Wildman–Crippen MR) is 85.9 cm³/mol. The molecule has 0 radical (unpaired) electrons. The highest BCUT2D eigenvalue weighted by molar-refractivity contribution is 6.36. The summed E-state index contributed by atoms with van der Waals surface area (Å²) in [7, 11) is 0. The van der Waals surface area contributed by atoms with Gasteiger partial charge in [0.05, 0.1) is 16.2 Å². The van der Waals surface area contributed by atoms with Crippen LogP contribution in [0.2, 0.25) is 5.02 Å². The summed E-state index contributed by atoms with van der Waals surface area (Å²) in [5.74, 6) is -0.164. The molecule has 0 spiro atoms. The SMILES string of the molecule is Cc1ccc2c(Cl)ccc(NC(=O)c3ccccc3)c2n1. The van der Waals surface area contributed by atoms with E-state index in [-0.39, 0.29) is 5.91 Å². The van der Waals surface area contributed by atoms with Crippen LogP contribution in [0.15, 0.2) is 54.6 Å². The molecule has 1 N–H and O–H groups in total. The zero-order valence-corrected chi connectivity index (χ0v) is 12.2. The van der Waals surface area contributed by atoms with Gasteiger partial charge in [0.2, 0.25) is 0 Å². The van der Waals surface area contributed by atoms with Crippen LogP contribution in [0.1, 0.15) is 16.1 Å². The minimum Gasteiger partial charge on any atom is -0.320 e. The first kappa shape index (κ1) is 13.6. The first-order valence-corrected chi connectivity index (χ1v) is 6.95. The van der Waals surface area contributed by atoms with Crippen molar-refractivity contribution >= 4 is 34.1 Å². The van der Waals surface area contributed by atoms with Crippen LogP contribution >= 0.6 is 11.6 Å².